The molecule has 232 valence electrons. The van der Waals surface area contributed by atoms with E-state index in [-0.39, 0.29) is 45.8 Å². The van der Waals surface area contributed by atoms with E-state index in [2.05, 4.69) is 6.92 Å². The molecule has 7 heteroatoms. The Hall–Kier alpha value is -1.40. The number of hydrogen-bond donors (Lipinski definition) is 0. The van der Waals surface area contributed by atoms with Gasteiger partial charge in [0.25, 0.3) is 0 Å². The fourth-order valence-electron chi connectivity index (χ4n) is 9.15. The molecule has 6 nitrogen and oxygen atoms in total. The normalized spacial score (nSPS) is 28.2. The predicted molar refractivity (Wildman–Crippen MR) is 157 cm³/mol. The Morgan fingerprint density at radius 2 is 0.952 bits per heavy atom. The van der Waals surface area contributed by atoms with E-state index in [1.807, 2.05) is 0 Å². The summed E-state index contributed by atoms with van der Waals surface area (Å²) in [5.74, 6) is -1.20. The van der Waals surface area contributed by atoms with E-state index < -0.39 is 17.8 Å². The van der Waals surface area contributed by atoms with Crippen LogP contribution in [-0.4, -0.2) is 17.9 Å². The number of rotatable bonds is 7. The van der Waals surface area contributed by atoms with Crippen LogP contribution in [0.3, 0.4) is 0 Å². The molecule has 6 aliphatic rings. The SMILES string of the molecule is CC1C2=C(CCCC2)C2=C1[CH]([Ti]([O]C(=O)C1CCCCC1)([O]C(=O)C1CCCCC1)[O]C(=O)C1CCCCC1)CCC2. The van der Waals surface area contributed by atoms with Crippen LogP contribution in [0.15, 0.2) is 22.3 Å². The van der Waals surface area contributed by atoms with E-state index in [0.29, 0.717) is 0 Å². The van der Waals surface area contributed by atoms with Crippen molar-refractivity contribution >= 4 is 17.9 Å². The van der Waals surface area contributed by atoms with E-state index >= 15 is 0 Å². The van der Waals surface area contributed by atoms with Gasteiger partial charge in [-0.2, -0.15) is 0 Å². The molecule has 0 N–H and O–H groups in total. The molecule has 0 radical (unpaired) electrons. The average molecular weight is 617 g/mol. The van der Waals surface area contributed by atoms with Crippen LogP contribution in [0.25, 0.3) is 0 Å². The maximum atomic E-state index is 14.0. The number of carbonyl (C=O) groups is 3. The van der Waals surface area contributed by atoms with Gasteiger partial charge in [-0.05, 0) is 0 Å². The minimum atomic E-state index is -4.91. The summed E-state index contributed by atoms with van der Waals surface area (Å²) < 4.78 is 19.7. The monoisotopic (exact) mass is 616 g/mol. The van der Waals surface area contributed by atoms with E-state index in [1.165, 1.54) is 35.1 Å². The number of allylic oxidation sites excluding steroid dienone is 4. The van der Waals surface area contributed by atoms with Crippen LogP contribution >= 0.6 is 0 Å². The van der Waals surface area contributed by atoms with Crippen LogP contribution < -0.4 is 0 Å². The molecule has 6 aliphatic carbocycles. The van der Waals surface area contributed by atoms with Gasteiger partial charge < -0.3 is 0 Å². The van der Waals surface area contributed by atoms with Gasteiger partial charge in [0.05, 0.1) is 0 Å². The average Bonchev–Trinajstić information content (AvgIpc) is 3.34. The third-order valence-corrected chi connectivity index (χ3v) is 16.0. The van der Waals surface area contributed by atoms with Crippen molar-refractivity contribution in [3.8, 4) is 0 Å². The van der Waals surface area contributed by atoms with Crippen LogP contribution in [0, 0.1) is 23.7 Å². The Morgan fingerprint density at radius 3 is 1.43 bits per heavy atom. The molecule has 0 aliphatic heterocycles. The first-order valence-electron chi connectivity index (χ1n) is 17.6. The standard InChI is InChI=1S/C14H19.3C7H12O2.Ti/c1-10-11-6-2-4-8-13(11)14-9-5-3-7-12(10)14;3*8-7(9)6-4-2-1-3-5-6;/h6,10H,2-5,7-9H2,1H3;3*6H,1-5H2,(H,8,9);/q;;;;+3/p-3. The van der Waals surface area contributed by atoms with Gasteiger partial charge in [0.1, 0.15) is 0 Å². The van der Waals surface area contributed by atoms with Crippen LogP contribution in [0.5, 0.6) is 0 Å². The van der Waals surface area contributed by atoms with Gasteiger partial charge in [-0.3, -0.25) is 0 Å². The summed E-state index contributed by atoms with van der Waals surface area (Å²) in [4.78, 5) is 42.0. The van der Waals surface area contributed by atoms with Gasteiger partial charge in [-0.15, -0.1) is 0 Å². The van der Waals surface area contributed by atoms with E-state index in [4.69, 9.17) is 9.96 Å². The molecular formula is C35H52O6Ti. The summed E-state index contributed by atoms with van der Waals surface area (Å²) in [7, 11) is 0. The van der Waals surface area contributed by atoms with Gasteiger partial charge in [-0.1, -0.05) is 0 Å². The van der Waals surface area contributed by atoms with Crippen molar-refractivity contribution in [2.75, 3.05) is 0 Å². The summed E-state index contributed by atoms with van der Waals surface area (Å²) >= 11 is -4.91. The van der Waals surface area contributed by atoms with Crippen molar-refractivity contribution in [1.82, 2.24) is 0 Å². The molecule has 0 amide bonds. The molecule has 0 heterocycles. The Bertz CT molecular complexity index is 1010. The zero-order valence-electron chi connectivity index (χ0n) is 25.9. The molecular weight excluding hydrogens is 564 g/mol. The van der Waals surface area contributed by atoms with Gasteiger partial charge in [0, 0.05) is 0 Å². The molecule has 0 aromatic rings. The fraction of sp³-hybridized carbons (Fsp3) is 0.800. The van der Waals surface area contributed by atoms with Crippen LogP contribution in [0.1, 0.15) is 148 Å². The second-order valence-corrected chi connectivity index (χ2v) is 18.1. The molecule has 3 saturated carbocycles. The second kappa shape index (κ2) is 13.7. The quantitative estimate of drug-likeness (QED) is 0.266. The molecule has 42 heavy (non-hydrogen) atoms. The predicted octanol–water partition coefficient (Wildman–Crippen LogP) is 9.05. The van der Waals surface area contributed by atoms with Crippen LogP contribution in [0.2, 0.25) is 4.22 Å². The van der Waals surface area contributed by atoms with E-state index in [0.717, 1.165) is 128 Å². The van der Waals surface area contributed by atoms with Crippen LogP contribution in [-0.2, 0) is 42.1 Å². The first-order chi connectivity index (χ1) is 20.5. The summed E-state index contributed by atoms with van der Waals surface area (Å²) in [6.45, 7) is 2.29. The topological polar surface area (TPSA) is 78.9 Å². The summed E-state index contributed by atoms with van der Waals surface area (Å²) in [6, 6.07) is 0. The van der Waals surface area contributed by atoms with Crippen molar-refractivity contribution in [3.05, 3.63) is 22.3 Å². The molecule has 0 aromatic carbocycles. The van der Waals surface area contributed by atoms with Gasteiger partial charge in [-0.25, -0.2) is 0 Å². The fourth-order valence-corrected chi connectivity index (χ4v) is 14.2. The molecule has 6 rings (SSSR count). The first-order valence-corrected chi connectivity index (χ1v) is 20.4. The molecule has 3 fully saturated rings. The molecule has 0 spiro atoms. The molecule has 2 atom stereocenters. The zero-order chi connectivity index (χ0) is 29.1. The van der Waals surface area contributed by atoms with Crippen molar-refractivity contribution < 1.29 is 42.1 Å². The van der Waals surface area contributed by atoms with Gasteiger partial charge in [0.2, 0.25) is 0 Å². The van der Waals surface area contributed by atoms with Crippen molar-refractivity contribution in [1.29, 1.82) is 0 Å². The van der Waals surface area contributed by atoms with Gasteiger partial charge >= 0.3 is 258 Å². The Labute approximate surface area is 257 Å². The van der Waals surface area contributed by atoms with Crippen molar-refractivity contribution in [2.24, 2.45) is 23.7 Å². The Morgan fingerprint density at radius 1 is 0.524 bits per heavy atom. The van der Waals surface area contributed by atoms with Crippen molar-refractivity contribution in [2.45, 2.75) is 152 Å². The number of hydrogen-bond acceptors (Lipinski definition) is 6. The molecule has 2 unspecified atom stereocenters. The Kier molecular flexibility index (Phi) is 10.00. The summed E-state index contributed by atoms with van der Waals surface area (Å²) in [5, 5.41) is 0. The summed E-state index contributed by atoms with van der Waals surface area (Å²) in [6.07, 6.45) is 21.7. The molecule has 0 bridgehead atoms. The minimum absolute atomic E-state index is 0.199. The summed E-state index contributed by atoms with van der Waals surface area (Å²) in [5.41, 5.74) is 5.75. The first kappa shape index (κ1) is 30.6. The third kappa shape index (κ3) is 6.37. The second-order valence-electron chi connectivity index (χ2n) is 14.2. The number of fused-ring (bicyclic) bond motifs is 1. The molecule has 0 aromatic heterocycles. The van der Waals surface area contributed by atoms with Gasteiger partial charge in [0.15, 0.2) is 0 Å². The van der Waals surface area contributed by atoms with Crippen LogP contribution in [0.4, 0.5) is 0 Å². The Balaban J connectivity index is 1.40. The maximum absolute atomic E-state index is 14.0. The van der Waals surface area contributed by atoms with Crippen molar-refractivity contribution in [3.63, 3.8) is 0 Å². The number of carbonyl (C=O) groups excluding carboxylic acids is 3. The van der Waals surface area contributed by atoms with E-state index in [9.17, 15) is 14.4 Å². The zero-order valence-corrected chi connectivity index (χ0v) is 27.5. The molecule has 0 saturated heterocycles. The van der Waals surface area contributed by atoms with E-state index in [1.54, 1.807) is 0 Å². The third-order valence-electron chi connectivity index (χ3n) is 11.5.